The van der Waals surface area contributed by atoms with Gasteiger partial charge in [0.05, 0.1) is 37.4 Å². The van der Waals surface area contributed by atoms with Crippen LogP contribution in [0.4, 0.5) is 11.4 Å². The number of methoxy groups -OCH3 is 1. The van der Waals surface area contributed by atoms with E-state index in [-0.39, 0.29) is 23.8 Å². The van der Waals surface area contributed by atoms with Gasteiger partial charge in [-0.15, -0.1) is 0 Å². The number of nitrogens with zero attached hydrogens (tertiary/aromatic N) is 3. The Hall–Kier alpha value is -4.35. The van der Waals surface area contributed by atoms with Crippen LogP contribution in [0.1, 0.15) is 29.7 Å². The predicted molar refractivity (Wildman–Crippen MR) is 201 cm³/mol. The Kier molecular flexibility index (Phi) is 10.1. The summed E-state index contributed by atoms with van der Waals surface area (Å²) >= 11 is 5.65. The van der Waals surface area contributed by atoms with Crippen molar-refractivity contribution in [2.45, 2.75) is 19.6 Å². The van der Waals surface area contributed by atoms with E-state index in [1.54, 1.807) is 48.9 Å². The van der Waals surface area contributed by atoms with E-state index in [1.165, 1.54) is 23.5 Å². The number of halogens is 2. The Morgan fingerprint density at radius 3 is 2.52 bits per heavy atom. The van der Waals surface area contributed by atoms with Crippen LogP contribution in [-0.4, -0.2) is 22.5 Å². The predicted octanol–water partition coefficient (Wildman–Crippen LogP) is 6.58. The summed E-state index contributed by atoms with van der Waals surface area (Å²) in [5, 5.41) is 14.0. The van der Waals surface area contributed by atoms with E-state index in [0.717, 1.165) is 12.7 Å². The highest BCUT2D eigenvalue weighted by molar-refractivity contribution is 14.1. The number of thiazole rings is 1. The Morgan fingerprint density at radius 2 is 1.81 bits per heavy atom. The van der Waals surface area contributed by atoms with E-state index in [1.807, 2.05) is 54.6 Å². The smallest absolute Gasteiger partial charge is 0.271 e. The van der Waals surface area contributed by atoms with Gasteiger partial charge in [0.15, 0.2) is 4.80 Å². The number of carbonyl (C=O) groups is 1. The van der Waals surface area contributed by atoms with Gasteiger partial charge < -0.3 is 14.8 Å². The Morgan fingerprint density at radius 1 is 1.06 bits per heavy atom. The molecule has 1 aliphatic heterocycles. The molecule has 6 rings (SSSR count). The van der Waals surface area contributed by atoms with Crippen LogP contribution in [0.2, 0.25) is 0 Å². The van der Waals surface area contributed by atoms with Crippen molar-refractivity contribution in [3.05, 3.63) is 156 Å². The van der Waals surface area contributed by atoms with E-state index in [0.29, 0.717) is 48.9 Å². The van der Waals surface area contributed by atoms with Gasteiger partial charge in [-0.3, -0.25) is 24.3 Å². The van der Waals surface area contributed by atoms with Crippen LogP contribution >= 0.6 is 56.5 Å². The fraction of sp³-hybridized carbons (Fsp3) is 0.114. The van der Waals surface area contributed by atoms with Crippen LogP contribution in [0.3, 0.4) is 0 Å². The van der Waals surface area contributed by atoms with Gasteiger partial charge in [0.25, 0.3) is 17.2 Å². The molecule has 48 heavy (non-hydrogen) atoms. The van der Waals surface area contributed by atoms with Gasteiger partial charge in [-0.05, 0) is 118 Å². The summed E-state index contributed by atoms with van der Waals surface area (Å²) in [5.74, 6) is 0.803. The number of non-ortho nitro benzene ring substituents is 1. The lowest BCUT2D eigenvalue weighted by Gasteiger charge is -2.25. The van der Waals surface area contributed by atoms with Crippen molar-refractivity contribution in [3.63, 3.8) is 0 Å². The highest BCUT2D eigenvalue weighted by atomic mass is 127. The van der Waals surface area contributed by atoms with Crippen molar-refractivity contribution in [2.75, 3.05) is 12.4 Å². The van der Waals surface area contributed by atoms with E-state index in [9.17, 15) is 19.7 Å². The van der Waals surface area contributed by atoms with Gasteiger partial charge in [-0.2, -0.15) is 0 Å². The van der Waals surface area contributed by atoms with Crippen LogP contribution in [0.5, 0.6) is 11.5 Å². The van der Waals surface area contributed by atoms with E-state index in [4.69, 9.17) is 14.5 Å². The number of rotatable bonds is 9. The summed E-state index contributed by atoms with van der Waals surface area (Å²) in [6, 6.07) is 25.8. The van der Waals surface area contributed by atoms with E-state index >= 15 is 0 Å². The molecule has 1 aromatic heterocycles. The lowest BCUT2D eigenvalue weighted by atomic mass is 9.95. The van der Waals surface area contributed by atoms with Gasteiger partial charge in [-0.1, -0.05) is 41.7 Å². The molecule has 0 unspecified atom stereocenters. The second-order valence-electron chi connectivity index (χ2n) is 10.7. The zero-order chi connectivity index (χ0) is 33.9. The standard InChI is InChI=1S/C35H26I2N4O6S/c1-20-30(33(42)39-25-8-4-3-5-9-25)31(22-7-6-10-27(16-22)46-2)40-34(43)29(48-35(40)38-20)17-23-15-24(36)18-28(37)32(23)47-19-21-11-13-26(14-12-21)41(44)45/h3-18,31H,19H2,1-2H3,(H,39,42)/b29-17-/t31-/m1/s1. The summed E-state index contributed by atoms with van der Waals surface area (Å²) in [7, 11) is 1.57. The average molecular weight is 884 g/mol. The molecule has 0 bridgehead atoms. The second-order valence-corrected chi connectivity index (χ2v) is 14.1. The third-order valence-electron chi connectivity index (χ3n) is 7.56. The quantitative estimate of drug-likeness (QED) is 0.101. The number of fused-ring (bicyclic) bond motifs is 1. The van der Waals surface area contributed by atoms with Crippen molar-refractivity contribution in [3.8, 4) is 11.5 Å². The molecule has 242 valence electrons. The van der Waals surface area contributed by atoms with Gasteiger partial charge in [0, 0.05) is 27.0 Å². The minimum Gasteiger partial charge on any atom is -0.497 e. The number of allylic oxidation sites excluding steroid dienone is 1. The fourth-order valence-corrected chi connectivity index (χ4v) is 8.39. The van der Waals surface area contributed by atoms with E-state index < -0.39 is 11.0 Å². The molecule has 5 aromatic rings. The number of nitrogens with one attached hydrogen (secondary N) is 1. The largest absolute Gasteiger partial charge is 0.497 e. The molecule has 0 aliphatic carbocycles. The van der Waals surface area contributed by atoms with Crippen molar-refractivity contribution >= 4 is 79.9 Å². The van der Waals surface area contributed by atoms with Crippen LogP contribution in [0.25, 0.3) is 6.08 Å². The van der Waals surface area contributed by atoms with Gasteiger partial charge in [0.1, 0.15) is 18.1 Å². The number of ether oxygens (including phenoxy) is 2. The first-order valence-corrected chi connectivity index (χ1v) is 17.5. The number of hydrogen-bond acceptors (Lipinski definition) is 8. The van der Waals surface area contributed by atoms with Crippen LogP contribution in [-0.2, 0) is 11.4 Å². The molecule has 10 nitrogen and oxygen atoms in total. The summed E-state index contributed by atoms with van der Waals surface area (Å²) in [4.78, 5) is 44.0. The molecule has 0 fully saturated rings. The highest BCUT2D eigenvalue weighted by Crippen LogP contribution is 2.33. The number of nitro groups is 1. The molecular formula is C35H26I2N4O6S. The highest BCUT2D eigenvalue weighted by Gasteiger charge is 2.33. The van der Waals surface area contributed by atoms with Gasteiger partial charge in [-0.25, -0.2) is 4.99 Å². The Balaban J connectivity index is 1.44. The van der Waals surface area contributed by atoms with Crippen molar-refractivity contribution < 1.29 is 19.2 Å². The summed E-state index contributed by atoms with van der Waals surface area (Å²) in [6.45, 7) is 1.95. The second kappa shape index (κ2) is 14.4. The lowest BCUT2D eigenvalue weighted by Crippen LogP contribution is -2.40. The van der Waals surface area contributed by atoms with Crippen LogP contribution in [0, 0.1) is 17.3 Å². The molecule has 0 spiro atoms. The number of hydrogen-bond donors (Lipinski definition) is 1. The maximum Gasteiger partial charge on any atom is 0.271 e. The molecule has 0 saturated heterocycles. The van der Waals surface area contributed by atoms with E-state index in [2.05, 4.69) is 50.5 Å². The zero-order valence-electron chi connectivity index (χ0n) is 25.5. The molecule has 4 aromatic carbocycles. The van der Waals surface area contributed by atoms with Crippen LogP contribution in [0.15, 0.2) is 112 Å². The number of para-hydroxylation sites is 1. The van der Waals surface area contributed by atoms with Crippen molar-refractivity contribution in [1.82, 2.24) is 4.57 Å². The molecule has 2 heterocycles. The third kappa shape index (κ3) is 7.07. The normalized spacial score (nSPS) is 14.2. The summed E-state index contributed by atoms with van der Waals surface area (Å²) in [5.41, 5.74) is 3.32. The van der Waals surface area contributed by atoms with Crippen LogP contribution < -0.4 is 29.7 Å². The van der Waals surface area contributed by atoms with Crippen molar-refractivity contribution in [2.24, 2.45) is 4.99 Å². The molecule has 0 saturated carbocycles. The Bertz CT molecular complexity index is 2270. The van der Waals surface area contributed by atoms with Gasteiger partial charge >= 0.3 is 0 Å². The molecule has 13 heteroatoms. The monoisotopic (exact) mass is 884 g/mol. The number of anilines is 1. The number of aromatic nitrogens is 1. The first-order valence-electron chi connectivity index (χ1n) is 14.5. The third-order valence-corrected chi connectivity index (χ3v) is 9.97. The molecular weight excluding hydrogens is 858 g/mol. The first-order chi connectivity index (χ1) is 23.1. The Labute approximate surface area is 305 Å². The molecule has 1 amide bonds. The minimum absolute atomic E-state index is 0.00171. The average Bonchev–Trinajstić information content (AvgIpc) is 3.37. The minimum atomic E-state index is -0.767. The lowest BCUT2D eigenvalue weighted by molar-refractivity contribution is -0.384. The zero-order valence-corrected chi connectivity index (χ0v) is 30.6. The molecule has 0 radical (unpaired) electrons. The topological polar surface area (TPSA) is 125 Å². The number of nitro benzene ring substituents is 1. The van der Waals surface area contributed by atoms with Crippen molar-refractivity contribution in [1.29, 1.82) is 0 Å². The number of benzene rings is 4. The van der Waals surface area contributed by atoms with Gasteiger partial charge in [0.2, 0.25) is 0 Å². The summed E-state index contributed by atoms with van der Waals surface area (Å²) < 4.78 is 15.5. The summed E-state index contributed by atoms with van der Waals surface area (Å²) in [6.07, 6.45) is 1.78. The number of amides is 1. The fourth-order valence-electron chi connectivity index (χ4n) is 5.31. The maximum absolute atomic E-state index is 14.3. The molecule has 1 aliphatic rings. The molecule has 1 N–H and O–H groups in total. The SMILES string of the molecule is COc1cccc([C@@H]2C(C(=O)Nc3ccccc3)=C(C)N=c3s/c(=C\c4cc(I)cc(I)c4OCc4ccc([N+](=O)[O-])cc4)c(=O)n32)c1. The first kappa shape index (κ1) is 33.5. The maximum atomic E-state index is 14.3. The molecule has 1 atom stereocenters. The number of carbonyl (C=O) groups excluding carboxylic acids is 1.